The Hall–Kier alpha value is -2.44. The fourth-order valence-corrected chi connectivity index (χ4v) is 2.42. The van der Waals surface area contributed by atoms with Gasteiger partial charge in [0.05, 0.1) is 12.2 Å². The Morgan fingerprint density at radius 3 is 2.75 bits per heavy atom. The molecule has 0 spiro atoms. The second-order valence-corrected chi connectivity index (χ2v) is 6.81. The molecule has 7 heteroatoms. The van der Waals surface area contributed by atoms with E-state index >= 15 is 0 Å². The Kier molecular flexibility index (Phi) is 5.21. The molecular formula is C17H24N2O5. The van der Waals surface area contributed by atoms with Gasteiger partial charge in [0, 0.05) is 13.5 Å². The number of nitrogens with zero attached hydrogens (tertiary/aromatic N) is 1. The summed E-state index contributed by atoms with van der Waals surface area (Å²) in [6.45, 7) is 6.56. The lowest BCUT2D eigenvalue weighted by Crippen LogP contribution is -2.44. The van der Waals surface area contributed by atoms with Crippen LogP contribution in [0, 0.1) is 0 Å². The maximum atomic E-state index is 11.8. The maximum absolute atomic E-state index is 11.8. The number of hydrogen-bond acceptors (Lipinski definition) is 5. The van der Waals surface area contributed by atoms with Gasteiger partial charge in [-0.25, -0.2) is 9.59 Å². The number of alkyl carbamates (subject to hydrolysis) is 1. The van der Waals surface area contributed by atoms with Gasteiger partial charge in [-0.05, 0) is 38.5 Å². The van der Waals surface area contributed by atoms with Crippen LogP contribution in [0.4, 0.5) is 10.5 Å². The smallest absolute Gasteiger partial charge is 0.408 e. The minimum atomic E-state index is -1.11. The average Bonchev–Trinajstić information content (AvgIpc) is 2.44. The number of carbonyl (C=O) groups excluding carboxylic acids is 1. The molecule has 1 amide bonds. The summed E-state index contributed by atoms with van der Waals surface area (Å²) in [6, 6.07) is 4.49. The van der Waals surface area contributed by atoms with Gasteiger partial charge < -0.3 is 24.8 Å². The van der Waals surface area contributed by atoms with Crippen molar-refractivity contribution in [2.24, 2.45) is 0 Å². The molecule has 132 valence electrons. The molecule has 2 N–H and O–H groups in total. The van der Waals surface area contributed by atoms with Gasteiger partial charge in [0.1, 0.15) is 24.0 Å². The van der Waals surface area contributed by atoms with Crippen LogP contribution in [0.1, 0.15) is 26.3 Å². The number of benzene rings is 1. The average molecular weight is 336 g/mol. The van der Waals surface area contributed by atoms with Gasteiger partial charge >= 0.3 is 12.1 Å². The SMILES string of the molecule is CN1CCOc2cc(CC(NC(=O)OC(C)(C)C)C(=O)O)ccc21. The minimum Gasteiger partial charge on any atom is -0.490 e. The number of carboxylic acids is 1. The number of fused-ring (bicyclic) bond motifs is 1. The van der Waals surface area contributed by atoms with Gasteiger partial charge in [-0.2, -0.15) is 0 Å². The predicted molar refractivity (Wildman–Crippen MR) is 89.7 cm³/mol. The van der Waals surface area contributed by atoms with Crippen LogP contribution in [0.25, 0.3) is 0 Å². The molecule has 0 bridgehead atoms. The van der Waals surface area contributed by atoms with E-state index in [9.17, 15) is 14.7 Å². The maximum Gasteiger partial charge on any atom is 0.408 e. The van der Waals surface area contributed by atoms with Crippen LogP contribution in [-0.2, 0) is 16.0 Å². The Bertz CT molecular complexity index is 624. The molecule has 1 aromatic carbocycles. The van der Waals surface area contributed by atoms with Crippen LogP contribution in [0.5, 0.6) is 5.75 Å². The third-order valence-electron chi connectivity index (χ3n) is 3.55. The van der Waals surface area contributed by atoms with Crippen LogP contribution < -0.4 is 15.0 Å². The molecule has 1 unspecified atom stereocenters. The molecule has 0 aliphatic carbocycles. The molecule has 24 heavy (non-hydrogen) atoms. The van der Waals surface area contributed by atoms with E-state index in [1.807, 2.05) is 25.2 Å². The molecule has 7 nitrogen and oxygen atoms in total. The number of aliphatic carboxylic acids is 1. The number of ether oxygens (including phenoxy) is 2. The van der Waals surface area contributed by atoms with E-state index in [2.05, 4.69) is 10.2 Å². The zero-order valence-corrected chi connectivity index (χ0v) is 14.5. The zero-order valence-electron chi connectivity index (χ0n) is 14.5. The Balaban J connectivity index is 2.08. The van der Waals surface area contributed by atoms with Crippen LogP contribution in [-0.4, -0.2) is 49.0 Å². The Morgan fingerprint density at radius 2 is 2.12 bits per heavy atom. The number of carbonyl (C=O) groups is 2. The van der Waals surface area contributed by atoms with Crippen LogP contribution in [0.3, 0.4) is 0 Å². The lowest BCUT2D eigenvalue weighted by molar-refractivity contribution is -0.139. The molecule has 0 fully saturated rings. The van der Waals surface area contributed by atoms with Crippen molar-refractivity contribution < 1.29 is 24.2 Å². The molecule has 1 aliphatic heterocycles. The Morgan fingerprint density at radius 1 is 1.42 bits per heavy atom. The van der Waals surface area contributed by atoms with E-state index < -0.39 is 23.7 Å². The highest BCUT2D eigenvalue weighted by Gasteiger charge is 2.25. The molecule has 1 atom stereocenters. The highest BCUT2D eigenvalue weighted by Crippen LogP contribution is 2.31. The van der Waals surface area contributed by atoms with Crippen molar-refractivity contribution in [2.45, 2.75) is 38.8 Å². The third-order valence-corrected chi connectivity index (χ3v) is 3.55. The van der Waals surface area contributed by atoms with Crippen LogP contribution >= 0.6 is 0 Å². The second-order valence-electron chi connectivity index (χ2n) is 6.81. The first-order chi connectivity index (χ1) is 11.2. The number of rotatable bonds is 4. The standard InChI is InChI=1S/C17H24N2O5/c1-17(2,3)24-16(22)18-12(15(20)21)9-11-5-6-13-14(10-11)23-8-7-19(13)4/h5-6,10,12H,7-9H2,1-4H3,(H,18,22)(H,20,21). The van der Waals surface area contributed by atoms with Gasteiger partial charge in [-0.1, -0.05) is 6.07 Å². The van der Waals surface area contributed by atoms with Gasteiger partial charge in [0.15, 0.2) is 0 Å². The van der Waals surface area contributed by atoms with Crippen molar-refractivity contribution >= 4 is 17.7 Å². The quantitative estimate of drug-likeness (QED) is 0.875. The van der Waals surface area contributed by atoms with Crippen LogP contribution in [0.15, 0.2) is 18.2 Å². The number of hydrogen-bond donors (Lipinski definition) is 2. The topological polar surface area (TPSA) is 88.1 Å². The molecule has 1 aliphatic rings. The summed E-state index contributed by atoms with van der Waals surface area (Å²) in [5, 5.41) is 11.8. The summed E-state index contributed by atoms with van der Waals surface area (Å²) in [5.41, 5.74) is 1.06. The van der Waals surface area contributed by atoms with Crippen molar-refractivity contribution in [3.63, 3.8) is 0 Å². The molecule has 0 radical (unpaired) electrons. The predicted octanol–water partition coefficient (Wildman–Crippen LogP) is 2.04. The number of likely N-dealkylation sites (N-methyl/N-ethyl adjacent to an activating group) is 1. The van der Waals surface area contributed by atoms with Gasteiger partial charge in [-0.15, -0.1) is 0 Å². The largest absolute Gasteiger partial charge is 0.490 e. The first-order valence-electron chi connectivity index (χ1n) is 7.85. The summed E-state index contributed by atoms with van der Waals surface area (Å²) >= 11 is 0. The molecule has 1 heterocycles. The first kappa shape index (κ1) is 17.9. The van der Waals surface area contributed by atoms with Crippen molar-refractivity contribution in [2.75, 3.05) is 25.1 Å². The van der Waals surface area contributed by atoms with Crippen molar-refractivity contribution in [1.82, 2.24) is 5.32 Å². The molecule has 0 saturated carbocycles. The van der Waals surface area contributed by atoms with E-state index in [0.717, 1.165) is 23.5 Å². The summed E-state index contributed by atoms with van der Waals surface area (Å²) < 4.78 is 10.7. The molecular weight excluding hydrogens is 312 g/mol. The third kappa shape index (κ3) is 4.78. The summed E-state index contributed by atoms with van der Waals surface area (Å²) in [4.78, 5) is 25.3. The summed E-state index contributed by atoms with van der Waals surface area (Å²) in [7, 11) is 1.98. The highest BCUT2D eigenvalue weighted by atomic mass is 16.6. The Labute approximate surface area is 141 Å². The number of amides is 1. The van der Waals surface area contributed by atoms with E-state index in [4.69, 9.17) is 9.47 Å². The highest BCUT2D eigenvalue weighted by molar-refractivity contribution is 5.80. The number of anilines is 1. The number of carboxylic acid groups (broad SMARTS) is 1. The van der Waals surface area contributed by atoms with Gasteiger partial charge in [-0.3, -0.25) is 0 Å². The van der Waals surface area contributed by atoms with Crippen molar-refractivity contribution in [1.29, 1.82) is 0 Å². The van der Waals surface area contributed by atoms with Gasteiger partial charge in [0.2, 0.25) is 0 Å². The first-order valence-corrected chi connectivity index (χ1v) is 7.85. The van der Waals surface area contributed by atoms with E-state index in [1.54, 1.807) is 20.8 Å². The zero-order chi connectivity index (χ0) is 17.9. The molecule has 1 aromatic rings. The van der Waals surface area contributed by atoms with Crippen molar-refractivity contribution in [3.8, 4) is 5.75 Å². The molecule has 0 aromatic heterocycles. The van der Waals surface area contributed by atoms with Gasteiger partial charge in [0.25, 0.3) is 0 Å². The lowest BCUT2D eigenvalue weighted by Gasteiger charge is -2.28. The normalized spacial score (nSPS) is 15.1. The van der Waals surface area contributed by atoms with E-state index in [1.165, 1.54) is 0 Å². The molecule has 2 rings (SSSR count). The monoisotopic (exact) mass is 336 g/mol. The second kappa shape index (κ2) is 6.98. The summed E-state index contributed by atoms with van der Waals surface area (Å²) in [5.74, 6) is -0.390. The fourth-order valence-electron chi connectivity index (χ4n) is 2.42. The van der Waals surface area contributed by atoms with E-state index in [-0.39, 0.29) is 6.42 Å². The minimum absolute atomic E-state index is 0.148. The van der Waals surface area contributed by atoms with Crippen LogP contribution in [0.2, 0.25) is 0 Å². The number of nitrogens with one attached hydrogen (secondary N) is 1. The fraction of sp³-hybridized carbons (Fsp3) is 0.529. The van der Waals surface area contributed by atoms with E-state index in [0.29, 0.717) is 6.61 Å². The summed E-state index contributed by atoms with van der Waals surface area (Å²) in [6.07, 6.45) is -0.599. The van der Waals surface area contributed by atoms with Crippen molar-refractivity contribution in [3.05, 3.63) is 23.8 Å². The lowest BCUT2D eigenvalue weighted by atomic mass is 10.0. The molecule has 0 saturated heterocycles.